The zero-order valence-corrected chi connectivity index (χ0v) is 13.5. The molecule has 1 aromatic heterocycles. The monoisotopic (exact) mass is 324 g/mol. The van der Waals surface area contributed by atoms with E-state index in [2.05, 4.69) is 10.3 Å². The first-order chi connectivity index (χ1) is 11.2. The number of thiazole rings is 1. The zero-order chi connectivity index (χ0) is 16.1. The molecule has 23 heavy (non-hydrogen) atoms. The molecule has 0 fully saturated rings. The van der Waals surface area contributed by atoms with E-state index in [9.17, 15) is 4.79 Å². The van der Waals surface area contributed by atoms with E-state index in [1.807, 2.05) is 60.0 Å². The Morgan fingerprint density at radius 3 is 2.57 bits per heavy atom. The van der Waals surface area contributed by atoms with Gasteiger partial charge in [0, 0.05) is 23.6 Å². The SMILES string of the molecule is CC(=O)Nc1ccc(-c2csc(COc3ccccc3)n2)cc1. The van der Waals surface area contributed by atoms with E-state index in [-0.39, 0.29) is 5.91 Å². The van der Waals surface area contributed by atoms with Gasteiger partial charge in [0.05, 0.1) is 5.69 Å². The van der Waals surface area contributed by atoms with Crippen molar-refractivity contribution in [1.82, 2.24) is 4.98 Å². The summed E-state index contributed by atoms with van der Waals surface area (Å²) < 4.78 is 5.70. The van der Waals surface area contributed by atoms with Crippen LogP contribution in [-0.2, 0) is 11.4 Å². The molecule has 1 heterocycles. The van der Waals surface area contributed by atoms with E-state index in [1.54, 1.807) is 11.3 Å². The van der Waals surface area contributed by atoms with E-state index in [0.29, 0.717) is 6.61 Å². The van der Waals surface area contributed by atoms with Crippen LogP contribution in [-0.4, -0.2) is 10.9 Å². The van der Waals surface area contributed by atoms with Crippen LogP contribution >= 0.6 is 11.3 Å². The molecule has 0 aliphatic rings. The largest absolute Gasteiger partial charge is 0.486 e. The molecule has 4 nitrogen and oxygen atoms in total. The predicted molar refractivity (Wildman–Crippen MR) is 92.6 cm³/mol. The number of benzene rings is 2. The van der Waals surface area contributed by atoms with Crippen molar-refractivity contribution in [3.05, 3.63) is 65.0 Å². The molecule has 5 heteroatoms. The van der Waals surface area contributed by atoms with E-state index in [1.165, 1.54) is 6.92 Å². The molecule has 0 saturated heterocycles. The summed E-state index contributed by atoms with van der Waals surface area (Å²) in [5.41, 5.74) is 2.71. The van der Waals surface area contributed by atoms with Crippen molar-refractivity contribution in [1.29, 1.82) is 0 Å². The van der Waals surface area contributed by atoms with Gasteiger partial charge in [0.2, 0.25) is 5.91 Å². The van der Waals surface area contributed by atoms with Gasteiger partial charge in [0.25, 0.3) is 0 Å². The van der Waals surface area contributed by atoms with Crippen LogP contribution in [0.3, 0.4) is 0 Å². The normalized spacial score (nSPS) is 10.3. The number of anilines is 1. The molecule has 116 valence electrons. The number of para-hydroxylation sites is 1. The lowest BCUT2D eigenvalue weighted by molar-refractivity contribution is -0.114. The Kier molecular flexibility index (Phi) is 4.68. The number of ether oxygens (including phenoxy) is 1. The molecule has 0 aliphatic carbocycles. The van der Waals surface area contributed by atoms with Crippen molar-refractivity contribution in [2.75, 3.05) is 5.32 Å². The van der Waals surface area contributed by atoms with Gasteiger partial charge in [-0.1, -0.05) is 30.3 Å². The van der Waals surface area contributed by atoms with Crippen LogP contribution in [0.1, 0.15) is 11.9 Å². The smallest absolute Gasteiger partial charge is 0.221 e. The minimum absolute atomic E-state index is 0.0771. The van der Waals surface area contributed by atoms with Crippen LogP contribution in [0.5, 0.6) is 5.75 Å². The minimum atomic E-state index is -0.0771. The molecule has 0 unspecified atom stereocenters. The van der Waals surface area contributed by atoms with Crippen molar-refractivity contribution in [2.45, 2.75) is 13.5 Å². The maximum absolute atomic E-state index is 11.0. The molecule has 1 N–H and O–H groups in total. The average molecular weight is 324 g/mol. The summed E-state index contributed by atoms with van der Waals surface area (Å²) in [6.07, 6.45) is 0. The maximum atomic E-state index is 11.0. The number of nitrogens with zero attached hydrogens (tertiary/aromatic N) is 1. The summed E-state index contributed by atoms with van der Waals surface area (Å²) in [5.74, 6) is 0.760. The predicted octanol–water partition coefficient (Wildman–Crippen LogP) is 4.35. The summed E-state index contributed by atoms with van der Waals surface area (Å²) in [6.45, 7) is 1.95. The second-order valence-electron chi connectivity index (χ2n) is 4.99. The molecule has 1 amide bonds. The summed E-state index contributed by atoms with van der Waals surface area (Å²) in [5, 5.41) is 5.69. The van der Waals surface area contributed by atoms with Crippen molar-refractivity contribution >= 4 is 22.9 Å². The van der Waals surface area contributed by atoms with Crippen molar-refractivity contribution in [3.63, 3.8) is 0 Å². The number of rotatable bonds is 5. The molecule has 0 spiro atoms. The van der Waals surface area contributed by atoms with Gasteiger partial charge in [0.15, 0.2) is 0 Å². The van der Waals surface area contributed by atoms with Crippen LogP contribution in [0, 0.1) is 0 Å². The summed E-state index contributed by atoms with van der Waals surface area (Å²) in [6, 6.07) is 17.3. The van der Waals surface area contributed by atoms with Crippen LogP contribution < -0.4 is 10.1 Å². The standard InChI is InChI=1S/C18H16N2O2S/c1-13(21)19-15-9-7-14(8-10-15)17-12-23-18(20-17)11-22-16-5-3-2-4-6-16/h2-10,12H,11H2,1H3,(H,19,21). The lowest BCUT2D eigenvalue weighted by atomic mass is 10.1. The highest BCUT2D eigenvalue weighted by molar-refractivity contribution is 7.09. The van der Waals surface area contributed by atoms with Gasteiger partial charge in [0.1, 0.15) is 17.4 Å². The second-order valence-corrected chi connectivity index (χ2v) is 5.93. The summed E-state index contributed by atoms with van der Waals surface area (Å²) in [4.78, 5) is 15.6. The summed E-state index contributed by atoms with van der Waals surface area (Å²) in [7, 11) is 0. The lowest BCUT2D eigenvalue weighted by Crippen LogP contribution is -2.05. The van der Waals surface area contributed by atoms with Gasteiger partial charge in [-0.2, -0.15) is 0 Å². The van der Waals surface area contributed by atoms with Gasteiger partial charge in [-0.3, -0.25) is 4.79 Å². The van der Waals surface area contributed by atoms with Gasteiger partial charge < -0.3 is 10.1 Å². The Labute approximate surface area is 138 Å². The molecule has 3 rings (SSSR count). The van der Waals surface area contributed by atoms with E-state index >= 15 is 0 Å². The van der Waals surface area contributed by atoms with E-state index in [4.69, 9.17) is 4.74 Å². The van der Waals surface area contributed by atoms with Crippen molar-refractivity contribution < 1.29 is 9.53 Å². The number of hydrogen-bond donors (Lipinski definition) is 1. The summed E-state index contributed by atoms with van der Waals surface area (Å²) >= 11 is 1.57. The van der Waals surface area contributed by atoms with Gasteiger partial charge in [-0.15, -0.1) is 11.3 Å². The van der Waals surface area contributed by atoms with E-state index in [0.717, 1.165) is 27.7 Å². The molecule has 0 bridgehead atoms. The third-order valence-electron chi connectivity index (χ3n) is 3.16. The number of carbonyl (C=O) groups is 1. The van der Waals surface area contributed by atoms with Crippen LogP contribution in [0.4, 0.5) is 5.69 Å². The van der Waals surface area contributed by atoms with Crippen molar-refractivity contribution in [2.24, 2.45) is 0 Å². The maximum Gasteiger partial charge on any atom is 0.221 e. The molecule has 0 atom stereocenters. The quantitative estimate of drug-likeness (QED) is 0.759. The van der Waals surface area contributed by atoms with Crippen LogP contribution in [0.15, 0.2) is 60.0 Å². The molecule has 0 aliphatic heterocycles. The van der Waals surface area contributed by atoms with Crippen LogP contribution in [0.25, 0.3) is 11.3 Å². The first kappa shape index (κ1) is 15.2. The third kappa shape index (κ3) is 4.17. The van der Waals surface area contributed by atoms with E-state index < -0.39 is 0 Å². The molecular formula is C18H16N2O2S. The Balaban J connectivity index is 1.65. The first-order valence-corrected chi connectivity index (χ1v) is 8.09. The average Bonchev–Trinajstić information content (AvgIpc) is 3.03. The fourth-order valence-electron chi connectivity index (χ4n) is 2.10. The van der Waals surface area contributed by atoms with Crippen LogP contribution in [0.2, 0.25) is 0 Å². The molecule has 0 saturated carbocycles. The topological polar surface area (TPSA) is 51.2 Å². The number of amides is 1. The fourth-order valence-corrected chi connectivity index (χ4v) is 2.81. The first-order valence-electron chi connectivity index (χ1n) is 7.21. The molecule has 3 aromatic rings. The van der Waals surface area contributed by atoms with Crippen molar-refractivity contribution in [3.8, 4) is 17.0 Å². The number of carbonyl (C=O) groups excluding carboxylic acids is 1. The Bertz CT molecular complexity index is 782. The minimum Gasteiger partial charge on any atom is -0.486 e. The Morgan fingerprint density at radius 1 is 1.13 bits per heavy atom. The number of aromatic nitrogens is 1. The highest BCUT2D eigenvalue weighted by atomic mass is 32.1. The Morgan fingerprint density at radius 2 is 1.87 bits per heavy atom. The molecule has 2 aromatic carbocycles. The molecule has 0 radical (unpaired) electrons. The van der Waals surface area contributed by atoms with Gasteiger partial charge in [-0.25, -0.2) is 4.98 Å². The van der Waals surface area contributed by atoms with Gasteiger partial charge in [-0.05, 0) is 24.3 Å². The second kappa shape index (κ2) is 7.07. The highest BCUT2D eigenvalue weighted by Gasteiger charge is 2.06. The Hall–Kier alpha value is -2.66. The zero-order valence-electron chi connectivity index (χ0n) is 12.7. The number of nitrogens with one attached hydrogen (secondary N) is 1. The third-order valence-corrected chi connectivity index (χ3v) is 3.98. The number of hydrogen-bond acceptors (Lipinski definition) is 4. The lowest BCUT2D eigenvalue weighted by Gasteiger charge is -2.03. The van der Waals surface area contributed by atoms with Gasteiger partial charge >= 0.3 is 0 Å². The fraction of sp³-hybridized carbons (Fsp3) is 0.111. The molecular weight excluding hydrogens is 308 g/mol. The highest BCUT2D eigenvalue weighted by Crippen LogP contribution is 2.24.